The van der Waals surface area contributed by atoms with Crippen molar-refractivity contribution < 1.29 is 27.5 Å². The number of fused-ring (bicyclic) bond motifs is 1. The van der Waals surface area contributed by atoms with Crippen LogP contribution >= 0.6 is 11.3 Å². The SMILES string of the molecule is CC(C)(C)OC(=O)N(CCc1nc(C(=O)NCc2ccccc2S(=O)(=O)N2CCOCC2)cs1)Cc1nc2ccccc2[nH]1. The molecule has 44 heavy (non-hydrogen) atoms. The van der Waals surface area contributed by atoms with E-state index in [0.29, 0.717) is 42.6 Å². The van der Waals surface area contributed by atoms with Gasteiger partial charge in [0, 0.05) is 38.0 Å². The second-order valence-electron chi connectivity index (χ2n) is 11.3. The van der Waals surface area contributed by atoms with Crippen molar-refractivity contribution in [3.05, 3.63) is 76.0 Å². The number of hydrogen-bond donors (Lipinski definition) is 2. The Labute approximate surface area is 260 Å². The van der Waals surface area contributed by atoms with E-state index in [1.807, 2.05) is 45.0 Å². The molecule has 1 aliphatic rings. The Morgan fingerprint density at radius 2 is 1.82 bits per heavy atom. The lowest BCUT2D eigenvalue weighted by molar-refractivity contribution is 0.0231. The number of para-hydroxylation sites is 2. The Hall–Kier alpha value is -3.85. The van der Waals surface area contributed by atoms with Crippen LogP contribution in [0.15, 0.2) is 58.8 Å². The minimum absolute atomic E-state index is 0.0232. The number of amides is 2. The molecule has 234 valence electrons. The van der Waals surface area contributed by atoms with Crippen molar-refractivity contribution in [1.29, 1.82) is 0 Å². The maximum atomic E-state index is 13.2. The molecule has 2 N–H and O–H groups in total. The van der Waals surface area contributed by atoms with Crippen molar-refractivity contribution in [3.63, 3.8) is 0 Å². The summed E-state index contributed by atoms with van der Waals surface area (Å²) in [5.41, 5.74) is 1.73. The number of carbonyl (C=O) groups is 2. The molecule has 0 atom stereocenters. The maximum absolute atomic E-state index is 13.2. The van der Waals surface area contributed by atoms with Crippen LogP contribution in [0, 0.1) is 0 Å². The van der Waals surface area contributed by atoms with Gasteiger partial charge in [-0.1, -0.05) is 30.3 Å². The highest BCUT2D eigenvalue weighted by atomic mass is 32.2. The quantitative estimate of drug-likeness (QED) is 0.265. The van der Waals surface area contributed by atoms with E-state index in [1.54, 1.807) is 34.5 Å². The number of nitrogens with zero attached hydrogens (tertiary/aromatic N) is 4. The van der Waals surface area contributed by atoms with Gasteiger partial charge in [-0.25, -0.2) is 23.2 Å². The first-order valence-electron chi connectivity index (χ1n) is 14.3. The van der Waals surface area contributed by atoms with E-state index in [4.69, 9.17) is 9.47 Å². The second kappa shape index (κ2) is 13.4. The van der Waals surface area contributed by atoms with Crippen LogP contribution in [-0.2, 0) is 39.0 Å². The van der Waals surface area contributed by atoms with Gasteiger partial charge in [-0.05, 0) is 44.5 Å². The molecule has 0 aliphatic carbocycles. The van der Waals surface area contributed by atoms with Crippen LogP contribution in [0.3, 0.4) is 0 Å². The minimum atomic E-state index is -3.73. The first kappa shape index (κ1) is 31.6. The zero-order valence-corrected chi connectivity index (χ0v) is 26.5. The third kappa shape index (κ3) is 7.80. The minimum Gasteiger partial charge on any atom is -0.444 e. The molecule has 14 heteroatoms. The van der Waals surface area contributed by atoms with Gasteiger partial charge in [-0.3, -0.25) is 4.79 Å². The van der Waals surface area contributed by atoms with E-state index in [-0.39, 0.29) is 36.8 Å². The van der Waals surface area contributed by atoms with E-state index in [0.717, 1.165) is 11.0 Å². The summed E-state index contributed by atoms with van der Waals surface area (Å²) in [6.45, 7) is 7.24. The van der Waals surface area contributed by atoms with Crippen LogP contribution in [0.25, 0.3) is 11.0 Å². The second-order valence-corrected chi connectivity index (χ2v) is 14.1. The topological polar surface area (TPSA) is 147 Å². The Balaban J connectivity index is 1.22. The Kier molecular flexibility index (Phi) is 9.63. The largest absolute Gasteiger partial charge is 0.444 e. The molecule has 2 aromatic heterocycles. The van der Waals surface area contributed by atoms with Crippen molar-refractivity contribution in [3.8, 4) is 0 Å². The standard InChI is InChI=1S/C30H36N6O6S2/c1-30(2,3)42-29(38)35(19-26-32-22-9-5-6-10-23(22)33-26)13-12-27-34-24(20-43-27)28(37)31-18-21-8-4-7-11-25(21)44(39,40)36-14-16-41-17-15-36/h4-11,20H,12-19H2,1-3H3,(H,31,37)(H,32,33). The van der Waals surface area contributed by atoms with Gasteiger partial charge in [0.1, 0.15) is 17.1 Å². The molecule has 12 nitrogen and oxygen atoms in total. The monoisotopic (exact) mass is 640 g/mol. The molecule has 2 aromatic carbocycles. The summed E-state index contributed by atoms with van der Waals surface area (Å²) in [5.74, 6) is 0.213. The smallest absolute Gasteiger partial charge is 0.410 e. The van der Waals surface area contributed by atoms with Crippen LogP contribution in [0.2, 0.25) is 0 Å². The first-order valence-corrected chi connectivity index (χ1v) is 16.6. The van der Waals surface area contributed by atoms with Crippen molar-refractivity contribution in [1.82, 2.24) is 29.5 Å². The van der Waals surface area contributed by atoms with Gasteiger partial charge >= 0.3 is 6.09 Å². The molecule has 0 saturated carbocycles. The van der Waals surface area contributed by atoms with Gasteiger partial charge in [0.25, 0.3) is 5.91 Å². The Bertz CT molecular complexity index is 1690. The van der Waals surface area contributed by atoms with Gasteiger partial charge in [0.05, 0.1) is 40.7 Å². The fraction of sp³-hybridized carbons (Fsp3) is 0.400. The van der Waals surface area contributed by atoms with Gasteiger partial charge in [-0.15, -0.1) is 11.3 Å². The Morgan fingerprint density at radius 3 is 2.57 bits per heavy atom. The number of ether oxygens (including phenoxy) is 2. The van der Waals surface area contributed by atoms with Crippen molar-refractivity contribution in [2.24, 2.45) is 0 Å². The maximum Gasteiger partial charge on any atom is 0.410 e. The van der Waals surface area contributed by atoms with Crippen LogP contribution in [-0.4, -0.2) is 83.0 Å². The number of aromatic nitrogens is 3. The number of benzene rings is 2. The summed E-state index contributed by atoms with van der Waals surface area (Å²) in [7, 11) is -3.73. The van der Waals surface area contributed by atoms with Gasteiger partial charge in [0.15, 0.2) is 0 Å². The van der Waals surface area contributed by atoms with E-state index >= 15 is 0 Å². The summed E-state index contributed by atoms with van der Waals surface area (Å²) in [4.78, 5) is 40.1. The molecule has 5 rings (SSSR count). The Morgan fingerprint density at radius 1 is 1.09 bits per heavy atom. The van der Waals surface area contributed by atoms with Crippen LogP contribution in [0.4, 0.5) is 4.79 Å². The zero-order valence-electron chi connectivity index (χ0n) is 24.9. The van der Waals surface area contributed by atoms with Gasteiger partial charge < -0.3 is 24.7 Å². The van der Waals surface area contributed by atoms with Crippen molar-refractivity contribution in [2.45, 2.75) is 50.8 Å². The molecule has 2 amide bonds. The number of imidazole rings is 1. The fourth-order valence-corrected chi connectivity index (χ4v) is 7.07. The van der Waals surface area contributed by atoms with E-state index in [9.17, 15) is 18.0 Å². The van der Waals surface area contributed by atoms with E-state index in [1.165, 1.54) is 15.6 Å². The van der Waals surface area contributed by atoms with E-state index in [2.05, 4.69) is 20.3 Å². The van der Waals surface area contributed by atoms with Gasteiger partial charge in [-0.2, -0.15) is 4.31 Å². The van der Waals surface area contributed by atoms with Gasteiger partial charge in [0.2, 0.25) is 10.0 Å². The summed E-state index contributed by atoms with van der Waals surface area (Å²) >= 11 is 1.31. The number of H-pyrrole nitrogens is 1. The zero-order chi connectivity index (χ0) is 31.3. The molecular weight excluding hydrogens is 604 g/mol. The summed E-state index contributed by atoms with van der Waals surface area (Å²) < 4.78 is 38.8. The van der Waals surface area contributed by atoms with Crippen molar-refractivity contribution >= 4 is 44.4 Å². The lowest BCUT2D eigenvalue weighted by Gasteiger charge is -2.27. The van der Waals surface area contributed by atoms with Crippen LogP contribution in [0.5, 0.6) is 0 Å². The average Bonchev–Trinajstić information content (AvgIpc) is 3.64. The number of nitrogens with one attached hydrogen (secondary N) is 2. The predicted molar refractivity (Wildman–Crippen MR) is 166 cm³/mol. The number of morpholine rings is 1. The number of aromatic amines is 1. The fourth-order valence-electron chi connectivity index (χ4n) is 4.68. The summed E-state index contributed by atoms with van der Waals surface area (Å²) in [6, 6.07) is 14.3. The normalized spacial score (nSPS) is 14.4. The number of rotatable bonds is 10. The highest BCUT2D eigenvalue weighted by Crippen LogP contribution is 2.22. The molecule has 1 aliphatic heterocycles. The molecule has 0 unspecified atom stereocenters. The third-order valence-corrected chi connectivity index (χ3v) is 9.72. The highest BCUT2D eigenvalue weighted by molar-refractivity contribution is 7.89. The molecule has 1 fully saturated rings. The molecule has 4 aromatic rings. The number of thiazole rings is 1. The molecule has 0 bridgehead atoms. The van der Waals surface area contributed by atoms with E-state index < -0.39 is 27.6 Å². The summed E-state index contributed by atoms with van der Waals surface area (Å²) in [5, 5.41) is 5.12. The lowest BCUT2D eigenvalue weighted by Crippen LogP contribution is -2.41. The molecular formula is C30H36N6O6S2. The van der Waals surface area contributed by atoms with Crippen LogP contribution < -0.4 is 5.32 Å². The molecule has 3 heterocycles. The van der Waals surface area contributed by atoms with Crippen molar-refractivity contribution in [2.75, 3.05) is 32.8 Å². The average molecular weight is 641 g/mol. The molecule has 0 spiro atoms. The molecule has 1 saturated heterocycles. The number of hydrogen-bond acceptors (Lipinski definition) is 9. The predicted octanol–water partition coefficient (Wildman–Crippen LogP) is 3.95. The number of carbonyl (C=O) groups excluding carboxylic acids is 2. The summed E-state index contributed by atoms with van der Waals surface area (Å²) in [6.07, 6.45) is -0.0731. The lowest BCUT2D eigenvalue weighted by atomic mass is 10.2. The highest BCUT2D eigenvalue weighted by Gasteiger charge is 2.28. The third-order valence-electron chi connectivity index (χ3n) is 6.81. The first-order chi connectivity index (χ1) is 21.0. The number of sulfonamides is 1. The van der Waals surface area contributed by atoms with Crippen LogP contribution in [0.1, 0.15) is 47.7 Å². The molecule has 0 radical (unpaired) electrons.